The predicted octanol–water partition coefficient (Wildman–Crippen LogP) is 2.65. The predicted molar refractivity (Wildman–Crippen MR) is 109 cm³/mol. The first-order valence-electron chi connectivity index (χ1n) is 9.59. The van der Waals surface area contributed by atoms with Gasteiger partial charge in [-0.25, -0.2) is 9.48 Å². The average molecular weight is 402 g/mol. The van der Waals surface area contributed by atoms with Crippen molar-refractivity contribution < 1.29 is 9.15 Å². The molecule has 0 saturated heterocycles. The lowest BCUT2D eigenvalue weighted by Crippen LogP contribution is -2.07. The number of rotatable bonds is 7. The molecule has 0 amide bonds. The van der Waals surface area contributed by atoms with Gasteiger partial charge in [-0.3, -0.25) is 4.68 Å². The zero-order valence-electron chi connectivity index (χ0n) is 16.0. The minimum atomic E-state index is -0.426. The summed E-state index contributed by atoms with van der Waals surface area (Å²) in [5.74, 6) is 0.527. The van der Waals surface area contributed by atoms with Crippen molar-refractivity contribution in [1.82, 2.24) is 30.0 Å². The van der Waals surface area contributed by atoms with Gasteiger partial charge < -0.3 is 9.15 Å². The maximum atomic E-state index is 11.7. The van der Waals surface area contributed by atoms with Gasteiger partial charge in [-0.05, 0) is 24.3 Å². The molecule has 0 aliphatic carbocycles. The molecular weight excluding hydrogens is 384 g/mol. The van der Waals surface area contributed by atoms with Gasteiger partial charge in [0.1, 0.15) is 22.5 Å². The zero-order valence-corrected chi connectivity index (χ0v) is 16.0. The van der Waals surface area contributed by atoms with E-state index >= 15 is 0 Å². The van der Waals surface area contributed by atoms with E-state index in [4.69, 9.17) is 9.15 Å². The molecule has 150 valence electrons. The second-order valence-electron chi connectivity index (χ2n) is 6.84. The Morgan fingerprint density at radius 2 is 1.87 bits per heavy atom. The second kappa shape index (κ2) is 7.78. The molecule has 9 heteroatoms. The fraction of sp³-hybridized carbons (Fsp3) is 0.190. The maximum Gasteiger partial charge on any atom is 0.339 e. The number of fused-ring (bicyclic) bond motifs is 2. The van der Waals surface area contributed by atoms with E-state index in [-0.39, 0.29) is 0 Å². The standard InChI is InChI=1S/C21H18N6O3/c28-21-12-20(16-6-1-4-9-19(16)30-21)29-11-5-10-26-13-15(22-24-26)14-27-18-8-3-2-7-17(18)23-25-27/h1-4,6-9,12-13H,5,10-11,14H2. The Morgan fingerprint density at radius 1 is 1.00 bits per heavy atom. The highest BCUT2D eigenvalue weighted by atomic mass is 16.5. The molecule has 0 N–H and O–H groups in total. The van der Waals surface area contributed by atoms with Crippen molar-refractivity contribution >= 4 is 22.0 Å². The summed E-state index contributed by atoms with van der Waals surface area (Å²) in [6.45, 7) is 1.59. The van der Waals surface area contributed by atoms with Crippen LogP contribution in [0.3, 0.4) is 0 Å². The molecule has 0 aliphatic rings. The van der Waals surface area contributed by atoms with Gasteiger partial charge in [0.25, 0.3) is 0 Å². The summed E-state index contributed by atoms with van der Waals surface area (Å²) < 4.78 is 14.6. The van der Waals surface area contributed by atoms with Gasteiger partial charge in [-0.1, -0.05) is 34.7 Å². The summed E-state index contributed by atoms with van der Waals surface area (Å²) in [6.07, 6.45) is 2.60. The van der Waals surface area contributed by atoms with Crippen LogP contribution in [0.5, 0.6) is 5.75 Å². The topological polar surface area (TPSA) is 101 Å². The van der Waals surface area contributed by atoms with Gasteiger partial charge in [0, 0.05) is 13.0 Å². The Bertz CT molecular complexity index is 1370. The summed E-state index contributed by atoms with van der Waals surface area (Å²) in [7, 11) is 0. The van der Waals surface area contributed by atoms with Crippen molar-refractivity contribution in [3.8, 4) is 5.75 Å². The van der Waals surface area contributed by atoms with E-state index in [1.165, 1.54) is 6.07 Å². The molecule has 3 aromatic heterocycles. The highest BCUT2D eigenvalue weighted by Crippen LogP contribution is 2.23. The van der Waals surface area contributed by atoms with Crippen LogP contribution < -0.4 is 10.4 Å². The Morgan fingerprint density at radius 3 is 2.83 bits per heavy atom. The lowest BCUT2D eigenvalue weighted by atomic mass is 10.2. The van der Waals surface area contributed by atoms with Gasteiger partial charge in [0.15, 0.2) is 0 Å². The maximum absolute atomic E-state index is 11.7. The van der Waals surface area contributed by atoms with Crippen LogP contribution in [0.25, 0.3) is 22.0 Å². The van der Waals surface area contributed by atoms with Crippen LogP contribution in [0.15, 0.2) is 70.0 Å². The molecular formula is C21H18N6O3. The highest BCUT2D eigenvalue weighted by Gasteiger charge is 2.08. The number of benzene rings is 2. The van der Waals surface area contributed by atoms with Gasteiger partial charge in [0.2, 0.25) is 0 Å². The molecule has 5 rings (SSSR count). The van der Waals surface area contributed by atoms with Crippen molar-refractivity contribution in [2.45, 2.75) is 19.5 Å². The van der Waals surface area contributed by atoms with Crippen LogP contribution in [0.1, 0.15) is 12.1 Å². The molecule has 5 aromatic rings. The summed E-state index contributed by atoms with van der Waals surface area (Å²) in [6, 6.07) is 16.5. The van der Waals surface area contributed by atoms with Gasteiger partial charge in [-0.2, -0.15) is 0 Å². The van der Waals surface area contributed by atoms with E-state index in [9.17, 15) is 4.79 Å². The molecule has 30 heavy (non-hydrogen) atoms. The van der Waals surface area contributed by atoms with E-state index in [0.29, 0.717) is 37.4 Å². The Labute approximate surface area is 170 Å². The second-order valence-corrected chi connectivity index (χ2v) is 6.84. The number of aryl methyl sites for hydroxylation is 1. The van der Waals surface area contributed by atoms with Gasteiger partial charge in [0.05, 0.1) is 36.3 Å². The Hall–Kier alpha value is -4.01. The molecule has 0 atom stereocenters. The van der Waals surface area contributed by atoms with Crippen LogP contribution in [0.2, 0.25) is 0 Å². The molecule has 0 saturated carbocycles. The molecule has 0 radical (unpaired) electrons. The highest BCUT2D eigenvalue weighted by molar-refractivity contribution is 5.82. The van der Waals surface area contributed by atoms with Crippen molar-refractivity contribution in [2.24, 2.45) is 0 Å². The van der Waals surface area contributed by atoms with Crippen molar-refractivity contribution in [3.05, 3.63) is 76.9 Å². The number of hydrogen-bond acceptors (Lipinski definition) is 7. The minimum Gasteiger partial charge on any atom is -0.492 e. The van der Waals surface area contributed by atoms with E-state index in [2.05, 4.69) is 20.6 Å². The van der Waals surface area contributed by atoms with E-state index in [1.807, 2.05) is 48.7 Å². The number of ether oxygens (including phenoxy) is 1. The summed E-state index contributed by atoms with van der Waals surface area (Å²) >= 11 is 0. The third-order valence-electron chi connectivity index (χ3n) is 4.72. The summed E-state index contributed by atoms with van der Waals surface area (Å²) in [4.78, 5) is 11.7. The van der Waals surface area contributed by atoms with Gasteiger partial charge >= 0.3 is 5.63 Å². The first-order valence-corrected chi connectivity index (χ1v) is 9.59. The average Bonchev–Trinajstić information content (AvgIpc) is 3.38. The number of nitrogens with zero attached hydrogens (tertiary/aromatic N) is 6. The number of hydrogen-bond donors (Lipinski definition) is 0. The van der Waals surface area contributed by atoms with Crippen LogP contribution in [0, 0.1) is 0 Å². The molecule has 3 heterocycles. The molecule has 0 unspecified atom stereocenters. The zero-order chi connectivity index (χ0) is 20.3. The van der Waals surface area contributed by atoms with Crippen LogP contribution in [-0.4, -0.2) is 36.6 Å². The van der Waals surface area contributed by atoms with E-state index in [0.717, 1.165) is 22.1 Å². The molecule has 0 spiro atoms. The van der Waals surface area contributed by atoms with Crippen LogP contribution >= 0.6 is 0 Å². The summed E-state index contributed by atoms with van der Waals surface area (Å²) in [5.41, 5.74) is 2.70. The molecule has 2 aromatic carbocycles. The third kappa shape index (κ3) is 3.64. The minimum absolute atomic E-state index is 0.426. The summed E-state index contributed by atoms with van der Waals surface area (Å²) in [5, 5.41) is 17.5. The molecule has 0 aliphatic heterocycles. The van der Waals surface area contributed by atoms with Crippen LogP contribution in [0.4, 0.5) is 0 Å². The van der Waals surface area contributed by atoms with E-state index in [1.54, 1.807) is 15.4 Å². The van der Waals surface area contributed by atoms with Crippen molar-refractivity contribution in [3.63, 3.8) is 0 Å². The largest absolute Gasteiger partial charge is 0.492 e. The fourth-order valence-electron chi connectivity index (χ4n) is 3.32. The third-order valence-corrected chi connectivity index (χ3v) is 4.72. The lowest BCUT2D eigenvalue weighted by molar-refractivity contribution is 0.299. The quantitative estimate of drug-likeness (QED) is 0.305. The number of aromatic nitrogens is 6. The smallest absolute Gasteiger partial charge is 0.339 e. The first kappa shape index (κ1) is 18.0. The Kier molecular flexibility index (Phi) is 4.68. The van der Waals surface area contributed by atoms with Crippen molar-refractivity contribution in [2.75, 3.05) is 6.61 Å². The monoisotopic (exact) mass is 402 g/mol. The SMILES string of the molecule is O=c1cc(OCCCn2cc(Cn3nnc4ccccc43)nn2)c2ccccc2o1. The molecule has 9 nitrogen and oxygen atoms in total. The molecule has 0 fully saturated rings. The Balaban J connectivity index is 1.19. The van der Waals surface area contributed by atoms with Gasteiger partial charge in [-0.15, -0.1) is 10.2 Å². The fourth-order valence-corrected chi connectivity index (χ4v) is 3.32. The van der Waals surface area contributed by atoms with E-state index < -0.39 is 5.63 Å². The first-order chi connectivity index (χ1) is 14.8. The van der Waals surface area contributed by atoms with Crippen molar-refractivity contribution in [1.29, 1.82) is 0 Å². The number of para-hydroxylation sites is 2. The lowest BCUT2D eigenvalue weighted by Gasteiger charge is -2.08. The van der Waals surface area contributed by atoms with Crippen LogP contribution in [-0.2, 0) is 13.1 Å². The normalized spacial score (nSPS) is 11.3. The molecule has 0 bridgehead atoms.